The lowest BCUT2D eigenvalue weighted by Crippen LogP contribution is -2.22. The van der Waals surface area contributed by atoms with Gasteiger partial charge in [0, 0.05) is 13.6 Å². The molecule has 0 bridgehead atoms. The molecule has 1 saturated carbocycles. The monoisotopic (exact) mass is 145 g/mol. The number of aliphatic hydroxyl groups is 1. The molecule has 1 aliphatic rings. The standard InChI is InChI=1S/C7H15NO2/c1-8(10-2)6-5-7(9)3-4-7/h9H,3-6H2,1-2H3. The van der Waals surface area contributed by atoms with Crippen LogP contribution in [0.5, 0.6) is 0 Å². The highest BCUT2D eigenvalue weighted by atomic mass is 16.7. The molecule has 0 spiro atoms. The van der Waals surface area contributed by atoms with Crippen molar-refractivity contribution in [2.75, 3.05) is 20.7 Å². The molecule has 0 radical (unpaired) electrons. The lowest BCUT2D eigenvalue weighted by molar-refractivity contribution is -0.115. The van der Waals surface area contributed by atoms with Crippen LogP contribution in [0.25, 0.3) is 0 Å². The molecule has 1 fully saturated rings. The Bertz CT molecular complexity index is 112. The van der Waals surface area contributed by atoms with Gasteiger partial charge in [-0.15, -0.1) is 0 Å². The Kier molecular flexibility index (Phi) is 2.28. The van der Waals surface area contributed by atoms with Gasteiger partial charge >= 0.3 is 0 Å². The van der Waals surface area contributed by atoms with Gasteiger partial charge in [-0.1, -0.05) is 0 Å². The van der Waals surface area contributed by atoms with Crippen molar-refractivity contribution < 1.29 is 9.94 Å². The average Bonchev–Trinajstić information content (AvgIpc) is 2.64. The Labute approximate surface area is 61.5 Å². The second-order valence-electron chi connectivity index (χ2n) is 3.01. The molecule has 0 aromatic rings. The van der Waals surface area contributed by atoms with Crippen LogP contribution in [0.4, 0.5) is 0 Å². The summed E-state index contributed by atoms with van der Waals surface area (Å²) in [5.41, 5.74) is -0.340. The van der Waals surface area contributed by atoms with Crippen molar-refractivity contribution in [1.82, 2.24) is 5.06 Å². The highest BCUT2D eigenvalue weighted by molar-refractivity contribution is 4.93. The summed E-state index contributed by atoms with van der Waals surface area (Å²) in [5.74, 6) is 0. The van der Waals surface area contributed by atoms with Crippen molar-refractivity contribution in [3.05, 3.63) is 0 Å². The summed E-state index contributed by atoms with van der Waals surface area (Å²) in [6.07, 6.45) is 2.76. The fraction of sp³-hybridized carbons (Fsp3) is 1.00. The molecule has 3 heteroatoms. The highest BCUT2D eigenvalue weighted by Gasteiger charge is 2.39. The maximum atomic E-state index is 9.39. The summed E-state index contributed by atoms with van der Waals surface area (Å²) in [5, 5.41) is 11.1. The summed E-state index contributed by atoms with van der Waals surface area (Å²) in [6, 6.07) is 0. The molecule has 0 unspecified atom stereocenters. The maximum absolute atomic E-state index is 9.39. The minimum atomic E-state index is -0.340. The Hall–Kier alpha value is -0.120. The molecule has 1 aliphatic carbocycles. The molecule has 1 rings (SSSR count). The van der Waals surface area contributed by atoms with Crippen LogP contribution in [0.2, 0.25) is 0 Å². The normalized spacial score (nSPS) is 21.6. The third-order valence-electron chi connectivity index (χ3n) is 2.03. The van der Waals surface area contributed by atoms with Gasteiger partial charge in [-0.3, -0.25) is 0 Å². The lowest BCUT2D eigenvalue weighted by atomic mass is 10.2. The zero-order valence-electron chi connectivity index (χ0n) is 6.63. The van der Waals surface area contributed by atoms with E-state index in [9.17, 15) is 5.11 Å². The SMILES string of the molecule is CON(C)CCC1(O)CC1. The van der Waals surface area contributed by atoms with Gasteiger partial charge in [0.15, 0.2) is 0 Å². The molecular formula is C7H15NO2. The zero-order chi connectivity index (χ0) is 7.61. The molecule has 0 aliphatic heterocycles. The van der Waals surface area contributed by atoms with Crippen molar-refractivity contribution in [1.29, 1.82) is 0 Å². The van der Waals surface area contributed by atoms with E-state index in [0.29, 0.717) is 0 Å². The maximum Gasteiger partial charge on any atom is 0.0663 e. The fourth-order valence-electron chi connectivity index (χ4n) is 0.851. The third-order valence-corrected chi connectivity index (χ3v) is 2.03. The zero-order valence-corrected chi connectivity index (χ0v) is 6.63. The van der Waals surface area contributed by atoms with Gasteiger partial charge in [-0.05, 0) is 19.3 Å². The summed E-state index contributed by atoms with van der Waals surface area (Å²) in [7, 11) is 3.50. The molecule has 0 saturated heterocycles. The largest absolute Gasteiger partial charge is 0.390 e. The van der Waals surface area contributed by atoms with E-state index in [1.165, 1.54) is 0 Å². The number of hydrogen-bond acceptors (Lipinski definition) is 3. The third kappa shape index (κ3) is 2.25. The van der Waals surface area contributed by atoms with Gasteiger partial charge in [-0.2, -0.15) is 5.06 Å². The first-order valence-electron chi connectivity index (χ1n) is 3.64. The van der Waals surface area contributed by atoms with Crippen LogP contribution in [0, 0.1) is 0 Å². The van der Waals surface area contributed by atoms with Crippen molar-refractivity contribution in [3.8, 4) is 0 Å². The molecule has 0 amide bonds. The summed E-state index contributed by atoms with van der Waals surface area (Å²) >= 11 is 0. The van der Waals surface area contributed by atoms with Crippen molar-refractivity contribution in [2.45, 2.75) is 24.9 Å². The van der Waals surface area contributed by atoms with Crippen LogP contribution >= 0.6 is 0 Å². The van der Waals surface area contributed by atoms with Crippen LogP contribution in [0.15, 0.2) is 0 Å². The van der Waals surface area contributed by atoms with Crippen LogP contribution in [-0.2, 0) is 4.84 Å². The Morgan fingerprint density at radius 3 is 2.60 bits per heavy atom. The summed E-state index contributed by atoms with van der Waals surface area (Å²) in [6.45, 7) is 0.812. The first kappa shape index (κ1) is 7.98. The highest BCUT2D eigenvalue weighted by Crippen LogP contribution is 2.38. The Morgan fingerprint density at radius 1 is 1.60 bits per heavy atom. The van der Waals surface area contributed by atoms with E-state index in [-0.39, 0.29) is 5.60 Å². The van der Waals surface area contributed by atoms with Crippen molar-refractivity contribution >= 4 is 0 Å². The van der Waals surface area contributed by atoms with Gasteiger partial charge in [0.05, 0.1) is 12.7 Å². The van der Waals surface area contributed by atoms with E-state index in [0.717, 1.165) is 25.8 Å². The predicted octanol–water partition coefficient (Wildman–Crippen LogP) is 0.395. The van der Waals surface area contributed by atoms with Crippen LogP contribution in [-0.4, -0.2) is 36.5 Å². The van der Waals surface area contributed by atoms with Gasteiger partial charge in [0.25, 0.3) is 0 Å². The smallest absolute Gasteiger partial charge is 0.0663 e. The molecular weight excluding hydrogens is 130 g/mol. The first-order valence-corrected chi connectivity index (χ1v) is 3.64. The second kappa shape index (κ2) is 2.86. The Balaban J connectivity index is 2.04. The van der Waals surface area contributed by atoms with Crippen molar-refractivity contribution in [2.24, 2.45) is 0 Å². The number of hydrogen-bond donors (Lipinski definition) is 1. The van der Waals surface area contributed by atoms with Crippen LogP contribution < -0.4 is 0 Å². The fourth-order valence-corrected chi connectivity index (χ4v) is 0.851. The molecule has 0 heterocycles. The molecule has 0 aromatic heterocycles. The van der Waals surface area contributed by atoms with Gasteiger partial charge in [-0.25, -0.2) is 0 Å². The molecule has 0 aromatic carbocycles. The lowest BCUT2D eigenvalue weighted by Gasteiger charge is -2.15. The van der Waals surface area contributed by atoms with Gasteiger partial charge in [0.1, 0.15) is 0 Å². The molecule has 10 heavy (non-hydrogen) atoms. The van der Waals surface area contributed by atoms with Crippen molar-refractivity contribution in [3.63, 3.8) is 0 Å². The minimum absolute atomic E-state index is 0.340. The van der Waals surface area contributed by atoms with Gasteiger partial charge in [0.2, 0.25) is 0 Å². The molecule has 3 nitrogen and oxygen atoms in total. The Morgan fingerprint density at radius 2 is 2.20 bits per heavy atom. The molecule has 1 N–H and O–H groups in total. The average molecular weight is 145 g/mol. The first-order chi connectivity index (χ1) is 4.66. The second-order valence-corrected chi connectivity index (χ2v) is 3.01. The minimum Gasteiger partial charge on any atom is -0.390 e. The number of rotatable bonds is 4. The van der Waals surface area contributed by atoms with Gasteiger partial charge < -0.3 is 9.94 Å². The van der Waals surface area contributed by atoms with E-state index in [1.807, 2.05) is 7.05 Å². The van der Waals surface area contributed by atoms with E-state index in [1.54, 1.807) is 12.2 Å². The van der Waals surface area contributed by atoms with E-state index in [2.05, 4.69) is 0 Å². The van der Waals surface area contributed by atoms with E-state index < -0.39 is 0 Å². The molecule has 60 valence electrons. The van der Waals surface area contributed by atoms with E-state index >= 15 is 0 Å². The number of nitrogens with zero attached hydrogens (tertiary/aromatic N) is 1. The molecule has 0 atom stereocenters. The predicted molar refractivity (Wildman–Crippen MR) is 38.4 cm³/mol. The summed E-state index contributed by atoms with van der Waals surface area (Å²) in [4.78, 5) is 4.90. The topological polar surface area (TPSA) is 32.7 Å². The van der Waals surface area contributed by atoms with Crippen LogP contribution in [0.1, 0.15) is 19.3 Å². The number of hydroxylamine groups is 2. The summed E-state index contributed by atoms with van der Waals surface area (Å²) < 4.78 is 0. The quantitative estimate of drug-likeness (QED) is 0.581. The van der Waals surface area contributed by atoms with Crippen LogP contribution in [0.3, 0.4) is 0 Å². The van der Waals surface area contributed by atoms with E-state index in [4.69, 9.17) is 4.84 Å².